The summed E-state index contributed by atoms with van der Waals surface area (Å²) in [4.78, 5) is 33.7. The Labute approximate surface area is 189 Å². The van der Waals surface area contributed by atoms with Crippen LogP contribution in [0.5, 0.6) is 0 Å². The van der Waals surface area contributed by atoms with Crippen LogP contribution >= 0.6 is 0 Å². The number of amides is 1. The molecule has 0 saturated heterocycles. The van der Waals surface area contributed by atoms with Crippen molar-refractivity contribution < 1.29 is 33.1 Å². The molecule has 0 aliphatic rings. The number of esters is 1. The summed E-state index contributed by atoms with van der Waals surface area (Å²) in [6.07, 6.45) is 5.36. The van der Waals surface area contributed by atoms with Gasteiger partial charge in [-0.25, -0.2) is 9.59 Å². The molecular weight excluding hydrogens is 426 g/mol. The van der Waals surface area contributed by atoms with Gasteiger partial charge < -0.3 is 24.0 Å². The normalized spacial score (nSPS) is 10.0. The Morgan fingerprint density at radius 1 is 0.848 bits per heavy atom. The minimum Gasteiger partial charge on any atom is -0.478 e. The van der Waals surface area contributed by atoms with Gasteiger partial charge >= 0.3 is 11.9 Å². The zero-order valence-corrected chi connectivity index (χ0v) is 17.9. The molecule has 4 aromatic rings. The van der Waals surface area contributed by atoms with Crippen LogP contribution < -0.4 is 5.32 Å². The molecule has 0 unspecified atom stereocenters. The van der Waals surface area contributed by atoms with E-state index in [1.165, 1.54) is 38.2 Å². The highest BCUT2D eigenvalue weighted by atomic mass is 16.5. The molecule has 2 aromatic heterocycles. The number of carboxylic acids is 1. The number of rotatable bonds is 5. The quantitative estimate of drug-likeness (QED) is 0.400. The highest BCUT2D eigenvalue weighted by molar-refractivity contribution is 6.04. The Kier molecular flexibility index (Phi) is 7.43. The largest absolute Gasteiger partial charge is 0.478 e. The second-order valence-electron chi connectivity index (χ2n) is 6.88. The number of ether oxygens (including phenoxy) is 1. The molecule has 2 heterocycles. The number of nitrogens with one attached hydrogen (secondary N) is 1. The molecule has 0 spiro atoms. The smallest absolute Gasteiger partial charge is 0.338 e. The summed E-state index contributed by atoms with van der Waals surface area (Å²) in [6, 6.07) is 15.8. The van der Waals surface area contributed by atoms with E-state index < -0.39 is 5.97 Å². The molecule has 0 radical (unpaired) electrons. The molecule has 4 rings (SSSR count). The zero-order valence-electron chi connectivity index (χ0n) is 17.9. The number of methoxy groups -OCH3 is 1. The summed E-state index contributed by atoms with van der Waals surface area (Å²) in [6.45, 7) is 1.99. The van der Waals surface area contributed by atoms with Crippen molar-refractivity contribution in [2.75, 3.05) is 12.4 Å². The van der Waals surface area contributed by atoms with Crippen molar-refractivity contribution in [3.05, 3.63) is 102 Å². The van der Waals surface area contributed by atoms with Crippen LogP contribution in [0.4, 0.5) is 5.69 Å². The van der Waals surface area contributed by atoms with E-state index in [1.807, 2.05) is 37.3 Å². The predicted molar refractivity (Wildman–Crippen MR) is 120 cm³/mol. The fourth-order valence-corrected chi connectivity index (χ4v) is 2.90. The van der Waals surface area contributed by atoms with Crippen molar-refractivity contribution in [2.24, 2.45) is 0 Å². The number of hydrogen-bond acceptors (Lipinski definition) is 6. The average molecular weight is 447 g/mol. The van der Waals surface area contributed by atoms with Gasteiger partial charge in [-0.2, -0.15) is 0 Å². The van der Waals surface area contributed by atoms with E-state index in [4.69, 9.17) is 14.3 Å². The molecular formula is C25H21NO7. The predicted octanol–water partition coefficient (Wildman–Crippen LogP) is 5.27. The van der Waals surface area contributed by atoms with Crippen molar-refractivity contribution in [1.29, 1.82) is 0 Å². The van der Waals surface area contributed by atoms with Crippen LogP contribution in [0.1, 0.15) is 36.6 Å². The van der Waals surface area contributed by atoms with Crippen LogP contribution in [0.2, 0.25) is 0 Å². The van der Waals surface area contributed by atoms with Gasteiger partial charge in [0.1, 0.15) is 12.5 Å². The number of carbonyl (C=O) groups excluding carboxylic acids is 2. The molecule has 8 heteroatoms. The number of carbonyl (C=O) groups is 3. The molecule has 0 aliphatic heterocycles. The summed E-state index contributed by atoms with van der Waals surface area (Å²) >= 11 is 0. The van der Waals surface area contributed by atoms with Crippen LogP contribution in [-0.4, -0.2) is 30.1 Å². The van der Waals surface area contributed by atoms with Gasteiger partial charge in [-0.15, -0.1) is 0 Å². The molecule has 1 amide bonds. The third kappa shape index (κ3) is 5.98. The first-order valence-electron chi connectivity index (χ1n) is 9.77. The third-order valence-electron chi connectivity index (χ3n) is 4.66. The fraction of sp³-hybridized carbons (Fsp3) is 0.0800. The van der Waals surface area contributed by atoms with Crippen LogP contribution in [-0.2, 0) is 4.74 Å². The van der Waals surface area contributed by atoms with E-state index in [-0.39, 0.29) is 17.4 Å². The molecule has 33 heavy (non-hydrogen) atoms. The van der Waals surface area contributed by atoms with E-state index in [2.05, 4.69) is 9.73 Å². The van der Waals surface area contributed by atoms with Crippen LogP contribution in [0.3, 0.4) is 0 Å². The molecule has 168 valence electrons. The Hall–Kier alpha value is -4.59. The summed E-state index contributed by atoms with van der Waals surface area (Å²) in [5.74, 6) is -1.56. The summed E-state index contributed by atoms with van der Waals surface area (Å²) < 4.78 is 14.1. The molecule has 0 bridgehead atoms. The van der Waals surface area contributed by atoms with E-state index in [9.17, 15) is 14.4 Å². The summed E-state index contributed by atoms with van der Waals surface area (Å²) in [5, 5.41) is 11.1. The van der Waals surface area contributed by atoms with E-state index in [0.717, 1.165) is 16.7 Å². The second kappa shape index (κ2) is 10.6. The van der Waals surface area contributed by atoms with Gasteiger partial charge in [0.15, 0.2) is 0 Å². The van der Waals surface area contributed by atoms with Gasteiger partial charge in [0.2, 0.25) is 0 Å². The Morgan fingerprint density at radius 2 is 1.48 bits per heavy atom. The summed E-state index contributed by atoms with van der Waals surface area (Å²) in [5.41, 5.74) is 4.81. The van der Waals surface area contributed by atoms with E-state index in [1.54, 1.807) is 18.2 Å². The fourth-order valence-electron chi connectivity index (χ4n) is 2.90. The first-order chi connectivity index (χ1) is 15.9. The highest BCUT2D eigenvalue weighted by Crippen LogP contribution is 2.27. The Bertz CT molecular complexity index is 1220. The lowest BCUT2D eigenvalue weighted by atomic mass is 9.98. The number of hydrogen-bond donors (Lipinski definition) is 2. The van der Waals surface area contributed by atoms with Gasteiger partial charge in [0.05, 0.1) is 36.3 Å². The average Bonchev–Trinajstić information content (AvgIpc) is 3.55. The zero-order chi connectivity index (χ0) is 23.8. The van der Waals surface area contributed by atoms with Crippen LogP contribution in [0, 0.1) is 6.92 Å². The van der Waals surface area contributed by atoms with E-state index >= 15 is 0 Å². The van der Waals surface area contributed by atoms with Crippen molar-refractivity contribution in [3.8, 4) is 11.1 Å². The van der Waals surface area contributed by atoms with Crippen LogP contribution in [0.25, 0.3) is 11.1 Å². The molecule has 2 aromatic carbocycles. The van der Waals surface area contributed by atoms with Gasteiger partial charge in [-0.3, -0.25) is 4.79 Å². The number of aromatic carboxylic acids is 1. The van der Waals surface area contributed by atoms with Gasteiger partial charge in [-0.05, 0) is 60.0 Å². The third-order valence-corrected chi connectivity index (χ3v) is 4.66. The molecule has 0 aliphatic carbocycles. The first-order valence-corrected chi connectivity index (χ1v) is 9.77. The van der Waals surface area contributed by atoms with Crippen molar-refractivity contribution in [3.63, 3.8) is 0 Å². The highest BCUT2D eigenvalue weighted by Gasteiger charge is 2.10. The van der Waals surface area contributed by atoms with Gasteiger partial charge in [0.25, 0.3) is 5.91 Å². The Balaban J connectivity index is 0.000000323. The maximum absolute atomic E-state index is 12.1. The number of furan rings is 2. The maximum Gasteiger partial charge on any atom is 0.338 e. The minimum absolute atomic E-state index is 0.185. The monoisotopic (exact) mass is 447 g/mol. The topological polar surface area (TPSA) is 119 Å². The number of anilines is 1. The molecule has 0 atom stereocenters. The molecule has 0 saturated carbocycles. The Morgan fingerprint density at radius 3 is 2.00 bits per heavy atom. The second-order valence-corrected chi connectivity index (χ2v) is 6.88. The van der Waals surface area contributed by atoms with Crippen molar-refractivity contribution in [2.45, 2.75) is 6.92 Å². The molecule has 2 N–H and O–H groups in total. The van der Waals surface area contributed by atoms with Gasteiger partial charge in [0, 0.05) is 5.69 Å². The lowest BCUT2D eigenvalue weighted by molar-refractivity contribution is 0.0599. The summed E-state index contributed by atoms with van der Waals surface area (Å²) in [7, 11) is 1.35. The maximum atomic E-state index is 12.1. The number of aryl methyl sites for hydroxylation is 1. The van der Waals surface area contributed by atoms with Crippen molar-refractivity contribution in [1.82, 2.24) is 0 Å². The van der Waals surface area contributed by atoms with Crippen LogP contribution in [0.15, 0.2) is 88.5 Å². The van der Waals surface area contributed by atoms with Crippen molar-refractivity contribution >= 4 is 23.5 Å². The van der Waals surface area contributed by atoms with E-state index in [0.29, 0.717) is 16.8 Å². The molecule has 8 nitrogen and oxygen atoms in total. The number of carboxylic acid groups (broad SMARTS) is 1. The standard InChI is InChI=1S/C20H17NO4.C5H4O3/c1-13-3-8-17(21-19(22)16-9-10-25-12-16)11-18(13)14-4-6-15(7-5-14)20(23)24-2;6-5(7)4-1-2-8-3-4/h3-12H,1-2H3,(H,21,22);1-3H,(H,6,7). The minimum atomic E-state index is -0.959. The first kappa shape index (κ1) is 23.1. The lowest BCUT2D eigenvalue weighted by Crippen LogP contribution is -2.10. The lowest BCUT2D eigenvalue weighted by Gasteiger charge is -2.11. The number of benzene rings is 2. The van der Waals surface area contributed by atoms with Gasteiger partial charge in [-0.1, -0.05) is 18.2 Å². The molecule has 0 fully saturated rings. The SMILES string of the molecule is COC(=O)c1ccc(-c2cc(NC(=O)c3ccoc3)ccc2C)cc1.O=C(O)c1ccoc1.